The van der Waals surface area contributed by atoms with Crippen molar-refractivity contribution in [3.05, 3.63) is 58.7 Å². The summed E-state index contributed by atoms with van der Waals surface area (Å²) < 4.78 is 14.0. The molecule has 1 spiro atoms. The molecule has 0 N–H and O–H groups in total. The topological polar surface area (TPSA) is 39.5 Å². The predicted molar refractivity (Wildman–Crippen MR) is 106 cm³/mol. The fourth-order valence-corrected chi connectivity index (χ4v) is 4.85. The zero-order chi connectivity index (χ0) is 18.3. The number of methoxy groups -OCH3 is 1. The Morgan fingerprint density at radius 3 is 2.89 bits per heavy atom. The molecule has 0 amide bonds. The van der Waals surface area contributed by atoms with Gasteiger partial charge >= 0.3 is 0 Å². The standard InChI is InChI=1S/C21H23N3O2S/c1-25-18-4-2-16(3-5-18)11-23-8-7-21(14-23)15-24-19(17-6-9-27-13-17)10-22-20(24)12-26-21/h2-6,9-10,13H,7-8,11-12,14-15H2,1H3/t21-/m0/s1. The molecule has 1 saturated heterocycles. The SMILES string of the molecule is COc1ccc(CN2CC[C@]3(C2)Cn2c(-c4ccsc4)cnc2CO3)cc1. The van der Waals surface area contributed by atoms with E-state index in [0.717, 1.165) is 44.2 Å². The fourth-order valence-electron chi connectivity index (χ4n) is 4.20. The molecule has 2 aliphatic heterocycles. The van der Waals surface area contributed by atoms with Crippen LogP contribution in [0.2, 0.25) is 0 Å². The molecule has 5 rings (SSSR count). The average molecular weight is 382 g/mol. The average Bonchev–Trinajstić information content (AvgIpc) is 3.43. The summed E-state index contributed by atoms with van der Waals surface area (Å²) in [7, 11) is 1.70. The van der Waals surface area contributed by atoms with Crippen LogP contribution in [0.25, 0.3) is 11.3 Å². The minimum atomic E-state index is -0.106. The molecule has 1 aromatic carbocycles. The molecule has 0 radical (unpaired) electrons. The Labute approximate surface area is 163 Å². The molecular formula is C21H23N3O2S. The fraction of sp³-hybridized carbons (Fsp3) is 0.381. The van der Waals surface area contributed by atoms with Crippen molar-refractivity contribution >= 4 is 11.3 Å². The Morgan fingerprint density at radius 1 is 1.22 bits per heavy atom. The second-order valence-electron chi connectivity index (χ2n) is 7.44. The lowest BCUT2D eigenvalue weighted by atomic mass is 10.0. The van der Waals surface area contributed by atoms with E-state index in [0.29, 0.717) is 6.61 Å². The first kappa shape index (κ1) is 17.0. The van der Waals surface area contributed by atoms with Crippen LogP contribution in [-0.2, 0) is 24.4 Å². The van der Waals surface area contributed by atoms with Gasteiger partial charge in [-0.25, -0.2) is 4.98 Å². The van der Waals surface area contributed by atoms with Crippen molar-refractivity contribution in [2.75, 3.05) is 20.2 Å². The zero-order valence-electron chi connectivity index (χ0n) is 15.4. The van der Waals surface area contributed by atoms with Crippen LogP contribution in [0.4, 0.5) is 0 Å². The van der Waals surface area contributed by atoms with Crippen molar-refractivity contribution in [3.8, 4) is 17.0 Å². The molecule has 1 fully saturated rings. The van der Waals surface area contributed by atoms with Gasteiger partial charge in [-0.1, -0.05) is 12.1 Å². The Bertz CT molecular complexity index is 920. The van der Waals surface area contributed by atoms with E-state index in [1.165, 1.54) is 16.8 Å². The largest absolute Gasteiger partial charge is 0.497 e. The van der Waals surface area contributed by atoms with Gasteiger partial charge in [-0.3, -0.25) is 4.90 Å². The second-order valence-corrected chi connectivity index (χ2v) is 8.22. The number of hydrogen-bond donors (Lipinski definition) is 0. The van der Waals surface area contributed by atoms with Crippen LogP contribution < -0.4 is 4.74 Å². The quantitative estimate of drug-likeness (QED) is 0.689. The number of likely N-dealkylation sites (tertiary alicyclic amines) is 1. The molecule has 1 atom stereocenters. The molecule has 0 bridgehead atoms. The molecule has 2 aliphatic rings. The number of imidazole rings is 1. The molecule has 3 aromatic rings. The predicted octanol–water partition coefficient (Wildman–Crippen LogP) is 3.80. The minimum absolute atomic E-state index is 0.106. The Balaban J connectivity index is 1.31. The highest BCUT2D eigenvalue weighted by molar-refractivity contribution is 7.08. The van der Waals surface area contributed by atoms with Gasteiger partial charge in [0.05, 0.1) is 25.5 Å². The van der Waals surface area contributed by atoms with Crippen molar-refractivity contribution in [3.63, 3.8) is 0 Å². The van der Waals surface area contributed by atoms with E-state index in [1.807, 2.05) is 18.3 Å². The van der Waals surface area contributed by atoms with Gasteiger partial charge in [0.15, 0.2) is 0 Å². The summed E-state index contributed by atoms with van der Waals surface area (Å²) in [6, 6.07) is 10.5. The first-order chi connectivity index (χ1) is 13.2. The lowest BCUT2D eigenvalue weighted by Crippen LogP contribution is -2.44. The lowest BCUT2D eigenvalue weighted by molar-refractivity contribution is -0.0821. The summed E-state index contributed by atoms with van der Waals surface area (Å²) in [5, 5.41) is 4.31. The van der Waals surface area contributed by atoms with Gasteiger partial charge in [-0.15, -0.1) is 0 Å². The summed E-state index contributed by atoms with van der Waals surface area (Å²) in [6.45, 7) is 4.44. The highest BCUT2D eigenvalue weighted by Crippen LogP contribution is 2.36. The third-order valence-electron chi connectivity index (χ3n) is 5.67. The summed E-state index contributed by atoms with van der Waals surface area (Å²) in [5.74, 6) is 1.94. The summed E-state index contributed by atoms with van der Waals surface area (Å²) in [6.07, 6.45) is 3.05. The number of rotatable bonds is 4. The van der Waals surface area contributed by atoms with Gasteiger partial charge in [-0.2, -0.15) is 11.3 Å². The van der Waals surface area contributed by atoms with Gasteiger partial charge in [-0.05, 0) is 35.6 Å². The molecule has 4 heterocycles. The molecule has 140 valence electrons. The molecule has 0 aliphatic carbocycles. The number of thiophene rings is 1. The number of fused-ring (bicyclic) bond motifs is 1. The monoisotopic (exact) mass is 381 g/mol. The van der Waals surface area contributed by atoms with Crippen LogP contribution in [0.5, 0.6) is 5.75 Å². The third-order valence-corrected chi connectivity index (χ3v) is 6.35. The third kappa shape index (κ3) is 3.18. The van der Waals surface area contributed by atoms with Crippen LogP contribution in [0, 0.1) is 0 Å². The minimum Gasteiger partial charge on any atom is -0.497 e. The van der Waals surface area contributed by atoms with E-state index in [9.17, 15) is 0 Å². The summed E-state index contributed by atoms with van der Waals surface area (Å²) in [4.78, 5) is 7.08. The smallest absolute Gasteiger partial charge is 0.135 e. The van der Waals surface area contributed by atoms with Crippen LogP contribution in [0.15, 0.2) is 47.3 Å². The van der Waals surface area contributed by atoms with E-state index < -0.39 is 0 Å². The summed E-state index contributed by atoms with van der Waals surface area (Å²) in [5.41, 5.74) is 3.67. The first-order valence-corrected chi connectivity index (χ1v) is 10.3. The van der Waals surface area contributed by atoms with Gasteiger partial charge in [0.25, 0.3) is 0 Å². The zero-order valence-corrected chi connectivity index (χ0v) is 16.2. The first-order valence-electron chi connectivity index (χ1n) is 9.31. The maximum Gasteiger partial charge on any atom is 0.135 e. The molecule has 27 heavy (non-hydrogen) atoms. The van der Waals surface area contributed by atoms with Crippen LogP contribution in [0.1, 0.15) is 17.8 Å². The van der Waals surface area contributed by atoms with Gasteiger partial charge in [0.2, 0.25) is 0 Å². The lowest BCUT2D eigenvalue weighted by Gasteiger charge is -2.35. The van der Waals surface area contributed by atoms with Gasteiger partial charge in [0, 0.05) is 30.6 Å². The highest BCUT2D eigenvalue weighted by atomic mass is 32.1. The Hall–Kier alpha value is -2.15. The number of aromatic nitrogens is 2. The Morgan fingerprint density at radius 2 is 2.11 bits per heavy atom. The molecular weight excluding hydrogens is 358 g/mol. The van der Waals surface area contributed by atoms with Gasteiger partial charge < -0.3 is 14.0 Å². The number of nitrogens with zero attached hydrogens (tertiary/aromatic N) is 3. The van der Waals surface area contributed by atoms with Crippen LogP contribution >= 0.6 is 11.3 Å². The van der Waals surface area contributed by atoms with Gasteiger partial charge in [0.1, 0.15) is 23.8 Å². The Kier molecular flexibility index (Phi) is 4.27. The highest BCUT2D eigenvalue weighted by Gasteiger charge is 2.43. The number of benzene rings is 1. The normalized spacial score (nSPS) is 22.3. The van der Waals surface area contributed by atoms with Crippen LogP contribution in [0.3, 0.4) is 0 Å². The molecule has 6 heteroatoms. The molecule has 0 saturated carbocycles. The molecule has 0 unspecified atom stereocenters. The number of ether oxygens (including phenoxy) is 2. The van der Waals surface area contributed by atoms with Crippen molar-refractivity contribution in [2.24, 2.45) is 0 Å². The summed E-state index contributed by atoms with van der Waals surface area (Å²) >= 11 is 1.73. The maximum absolute atomic E-state index is 6.35. The van der Waals surface area contributed by atoms with E-state index in [4.69, 9.17) is 9.47 Å². The van der Waals surface area contributed by atoms with E-state index in [2.05, 4.69) is 43.4 Å². The molecule has 5 nitrogen and oxygen atoms in total. The molecule has 2 aromatic heterocycles. The van der Waals surface area contributed by atoms with E-state index in [-0.39, 0.29) is 5.60 Å². The van der Waals surface area contributed by atoms with E-state index >= 15 is 0 Å². The maximum atomic E-state index is 6.35. The van der Waals surface area contributed by atoms with Crippen molar-refractivity contribution in [1.29, 1.82) is 0 Å². The second kappa shape index (κ2) is 6.78. The van der Waals surface area contributed by atoms with Crippen molar-refractivity contribution in [2.45, 2.75) is 31.7 Å². The van der Waals surface area contributed by atoms with Crippen LogP contribution in [-0.4, -0.2) is 40.3 Å². The van der Waals surface area contributed by atoms with E-state index in [1.54, 1.807) is 18.4 Å². The number of hydrogen-bond acceptors (Lipinski definition) is 5. The van der Waals surface area contributed by atoms with Crippen molar-refractivity contribution in [1.82, 2.24) is 14.5 Å². The van der Waals surface area contributed by atoms with Crippen molar-refractivity contribution < 1.29 is 9.47 Å².